The number of benzene rings is 2. The molecule has 0 radical (unpaired) electrons. The normalized spacial score (nSPS) is 13.8. The van der Waals surface area contributed by atoms with E-state index in [1.54, 1.807) is 4.90 Å². The van der Waals surface area contributed by atoms with Crippen LogP contribution in [0.15, 0.2) is 67.0 Å². The molecule has 1 aromatic heterocycles. The van der Waals surface area contributed by atoms with E-state index < -0.39 is 0 Å². The summed E-state index contributed by atoms with van der Waals surface area (Å²) in [7, 11) is 0. The minimum absolute atomic E-state index is 0.0208. The van der Waals surface area contributed by atoms with Gasteiger partial charge in [0.05, 0.1) is 19.6 Å². The summed E-state index contributed by atoms with van der Waals surface area (Å²) in [6.07, 6.45) is 4.23. The highest BCUT2D eigenvalue weighted by Crippen LogP contribution is 2.21. The van der Waals surface area contributed by atoms with Crippen molar-refractivity contribution in [2.24, 2.45) is 0 Å². The molecule has 3 aromatic rings. The molecule has 0 saturated carbocycles. The molecule has 0 aliphatic carbocycles. The Balaban J connectivity index is 1.42. The predicted octanol–water partition coefficient (Wildman–Crippen LogP) is 3.44. The van der Waals surface area contributed by atoms with Crippen LogP contribution in [0.4, 0.5) is 5.69 Å². The minimum atomic E-state index is -0.109. The van der Waals surface area contributed by atoms with Gasteiger partial charge in [-0.1, -0.05) is 18.2 Å². The standard InChI is InChI=1S/C24H25N3O3/c1-18-21(24(29)27-13-15-30-16-14-27)5-4-6-22(18)25-23(28)17-19-7-9-20(10-8-19)26-11-2-3-12-26/h2-12H,13-17H2,1H3,(H,25,28). The number of carbonyl (C=O) groups excluding carboxylic acids is 2. The van der Waals surface area contributed by atoms with Crippen molar-refractivity contribution >= 4 is 17.5 Å². The molecule has 30 heavy (non-hydrogen) atoms. The van der Waals surface area contributed by atoms with Crippen LogP contribution in [0.5, 0.6) is 0 Å². The second-order valence-electron chi connectivity index (χ2n) is 7.36. The van der Waals surface area contributed by atoms with Gasteiger partial charge in [0.15, 0.2) is 0 Å². The summed E-state index contributed by atoms with van der Waals surface area (Å²) in [5.74, 6) is -0.129. The highest BCUT2D eigenvalue weighted by molar-refractivity contribution is 5.99. The van der Waals surface area contributed by atoms with E-state index in [1.807, 2.05) is 78.5 Å². The summed E-state index contributed by atoms with van der Waals surface area (Å²) in [6, 6.07) is 17.3. The predicted molar refractivity (Wildman–Crippen MR) is 116 cm³/mol. The van der Waals surface area contributed by atoms with Crippen molar-refractivity contribution in [3.05, 3.63) is 83.7 Å². The third-order valence-electron chi connectivity index (χ3n) is 5.34. The van der Waals surface area contributed by atoms with Gasteiger partial charge >= 0.3 is 0 Å². The molecule has 1 aliphatic heterocycles. The maximum atomic E-state index is 12.8. The number of amides is 2. The smallest absolute Gasteiger partial charge is 0.254 e. The van der Waals surface area contributed by atoms with E-state index in [1.165, 1.54) is 0 Å². The number of nitrogens with zero attached hydrogens (tertiary/aromatic N) is 2. The molecule has 6 nitrogen and oxygen atoms in total. The van der Waals surface area contributed by atoms with Crippen molar-refractivity contribution in [1.29, 1.82) is 0 Å². The molecule has 0 bridgehead atoms. The summed E-state index contributed by atoms with van der Waals surface area (Å²) in [5, 5.41) is 2.96. The number of rotatable bonds is 5. The number of morpholine rings is 1. The molecule has 0 unspecified atom stereocenters. The zero-order valence-corrected chi connectivity index (χ0v) is 17.0. The monoisotopic (exact) mass is 403 g/mol. The summed E-state index contributed by atoms with van der Waals surface area (Å²) in [5.41, 5.74) is 4.05. The molecule has 0 spiro atoms. The van der Waals surface area contributed by atoms with Crippen LogP contribution in [0.25, 0.3) is 5.69 Å². The molecular weight excluding hydrogens is 378 g/mol. The number of hydrogen-bond donors (Lipinski definition) is 1. The van der Waals surface area contributed by atoms with E-state index in [9.17, 15) is 9.59 Å². The molecule has 2 aromatic carbocycles. The zero-order valence-electron chi connectivity index (χ0n) is 17.0. The number of ether oxygens (including phenoxy) is 1. The Hall–Kier alpha value is -3.38. The van der Waals surface area contributed by atoms with E-state index in [-0.39, 0.29) is 18.2 Å². The van der Waals surface area contributed by atoms with Gasteiger partial charge in [-0.3, -0.25) is 9.59 Å². The molecule has 2 amide bonds. The number of nitrogens with one attached hydrogen (secondary N) is 1. The van der Waals surface area contributed by atoms with Crippen LogP contribution in [-0.2, 0) is 16.0 Å². The van der Waals surface area contributed by atoms with Gasteiger partial charge in [0.25, 0.3) is 5.91 Å². The SMILES string of the molecule is Cc1c(NC(=O)Cc2ccc(-n3cccc3)cc2)cccc1C(=O)N1CCOCC1. The maximum Gasteiger partial charge on any atom is 0.254 e. The van der Waals surface area contributed by atoms with Crippen molar-refractivity contribution in [3.8, 4) is 5.69 Å². The van der Waals surface area contributed by atoms with Gasteiger partial charge < -0.3 is 19.5 Å². The van der Waals surface area contributed by atoms with Crippen molar-refractivity contribution in [3.63, 3.8) is 0 Å². The lowest BCUT2D eigenvalue weighted by atomic mass is 10.0. The van der Waals surface area contributed by atoms with Crippen LogP contribution in [0.3, 0.4) is 0 Å². The first kappa shape index (κ1) is 19.9. The molecule has 4 rings (SSSR count). The molecule has 1 N–H and O–H groups in total. The van der Waals surface area contributed by atoms with Gasteiger partial charge in [0.2, 0.25) is 5.91 Å². The lowest BCUT2D eigenvalue weighted by Gasteiger charge is -2.27. The third kappa shape index (κ3) is 4.44. The second kappa shape index (κ2) is 8.97. The molecule has 1 saturated heterocycles. The summed E-state index contributed by atoms with van der Waals surface area (Å²) < 4.78 is 7.34. The lowest BCUT2D eigenvalue weighted by molar-refractivity contribution is -0.115. The maximum absolute atomic E-state index is 12.8. The number of hydrogen-bond acceptors (Lipinski definition) is 3. The third-order valence-corrected chi connectivity index (χ3v) is 5.34. The molecule has 0 atom stereocenters. The average Bonchev–Trinajstić information content (AvgIpc) is 3.31. The molecule has 154 valence electrons. The molecule has 6 heteroatoms. The summed E-state index contributed by atoms with van der Waals surface area (Å²) in [4.78, 5) is 27.2. The van der Waals surface area contributed by atoms with Crippen LogP contribution in [0.1, 0.15) is 21.5 Å². The number of anilines is 1. The Morgan fingerprint density at radius 3 is 2.37 bits per heavy atom. The van der Waals surface area contributed by atoms with Gasteiger partial charge in [-0.15, -0.1) is 0 Å². The Morgan fingerprint density at radius 2 is 1.67 bits per heavy atom. The highest BCUT2D eigenvalue weighted by atomic mass is 16.5. The van der Waals surface area contributed by atoms with E-state index >= 15 is 0 Å². The first-order chi connectivity index (χ1) is 14.6. The van der Waals surface area contributed by atoms with Gasteiger partial charge in [-0.25, -0.2) is 0 Å². The summed E-state index contributed by atoms with van der Waals surface area (Å²) >= 11 is 0. The minimum Gasteiger partial charge on any atom is -0.378 e. The van der Waals surface area contributed by atoms with Crippen LogP contribution in [0, 0.1) is 6.92 Å². The fourth-order valence-corrected chi connectivity index (χ4v) is 3.61. The van der Waals surface area contributed by atoms with Crippen LogP contribution in [-0.4, -0.2) is 47.6 Å². The molecule has 2 heterocycles. The quantitative estimate of drug-likeness (QED) is 0.710. The van der Waals surface area contributed by atoms with Crippen LogP contribution in [0.2, 0.25) is 0 Å². The van der Waals surface area contributed by atoms with Crippen molar-refractivity contribution in [1.82, 2.24) is 9.47 Å². The largest absolute Gasteiger partial charge is 0.378 e. The van der Waals surface area contributed by atoms with E-state index in [2.05, 4.69) is 5.32 Å². The van der Waals surface area contributed by atoms with E-state index in [4.69, 9.17) is 4.74 Å². The highest BCUT2D eigenvalue weighted by Gasteiger charge is 2.21. The fourth-order valence-electron chi connectivity index (χ4n) is 3.61. The first-order valence-electron chi connectivity index (χ1n) is 10.1. The fraction of sp³-hybridized carbons (Fsp3) is 0.250. The lowest BCUT2D eigenvalue weighted by Crippen LogP contribution is -2.41. The van der Waals surface area contributed by atoms with Gasteiger partial charge in [-0.2, -0.15) is 0 Å². The van der Waals surface area contributed by atoms with E-state index in [0.29, 0.717) is 37.6 Å². The van der Waals surface area contributed by atoms with Crippen LogP contribution < -0.4 is 5.32 Å². The first-order valence-corrected chi connectivity index (χ1v) is 10.1. The Labute approximate surface area is 176 Å². The van der Waals surface area contributed by atoms with Crippen molar-refractivity contribution in [2.75, 3.05) is 31.6 Å². The second-order valence-corrected chi connectivity index (χ2v) is 7.36. The Kier molecular flexibility index (Phi) is 5.95. The molecule has 1 aliphatic rings. The number of aromatic nitrogens is 1. The Morgan fingerprint density at radius 1 is 0.967 bits per heavy atom. The van der Waals surface area contributed by atoms with Gasteiger partial charge in [-0.05, 0) is 54.4 Å². The Bertz CT molecular complexity index is 1020. The number of carbonyl (C=O) groups is 2. The van der Waals surface area contributed by atoms with Crippen molar-refractivity contribution < 1.29 is 14.3 Å². The summed E-state index contributed by atoms with van der Waals surface area (Å²) in [6.45, 7) is 4.17. The van der Waals surface area contributed by atoms with Crippen LogP contribution >= 0.6 is 0 Å². The van der Waals surface area contributed by atoms with E-state index in [0.717, 1.165) is 16.8 Å². The van der Waals surface area contributed by atoms with Gasteiger partial charge in [0.1, 0.15) is 0 Å². The average molecular weight is 403 g/mol. The molecular formula is C24H25N3O3. The van der Waals surface area contributed by atoms with Gasteiger partial charge in [0, 0.05) is 42.4 Å². The topological polar surface area (TPSA) is 63.6 Å². The molecule has 1 fully saturated rings. The zero-order chi connectivity index (χ0) is 20.9. The van der Waals surface area contributed by atoms with Crippen molar-refractivity contribution in [2.45, 2.75) is 13.3 Å².